The topological polar surface area (TPSA) is 115 Å². The Morgan fingerprint density at radius 1 is 1.85 bits per heavy atom. The van der Waals surface area contributed by atoms with Gasteiger partial charge in [-0.2, -0.15) is 0 Å². The second-order valence-corrected chi connectivity index (χ2v) is 2.92. The van der Waals surface area contributed by atoms with E-state index in [0.29, 0.717) is 6.42 Å². The van der Waals surface area contributed by atoms with E-state index in [1.165, 1.54) is 4.90 Å². The number of carbonyl (C=O) groups is 1. The van der Waals surface area contributed by atoms with Gasteiger partial charge in [-0.05, 0) is 12.0 Å². The molecule has 7 heteroatoms. The predicted molar refractivity (Wildman–Crippen MR) is 45.1 cm³/mol. The molecule has 0 bridgehead atoms. The third-order valence-electron chi connectivity index (χ3n) is 2.13. The molecule has 0 spiro atoms. The molecule has 0 unspecified atom stereocenters. The van der Waals surface area contributed by atoms with E-state index in [-0.39, 0.29) is 25.2 Å². The van der Waals surface area contributed by atoms with E-state index in [1.807, 2.05) is 0 Å². The monoisotopic (exact) mass is 185 g/mol. The molecule has 72 valence electrons. The SMILES string of the molecule is [N-]=[N+]=N[C@@H]1C[C@@H](CN)N(C(=O)O)C1. The zero-order chi connectivity index (χ0) is 9.84. The van der Waals surface area contributed by atoms with E-state index in [1.54, 1.807) is 0 Å². The Kier molecular flexibility index (Phi) is 2.94. The summed E-state index contributed by atoms with van der Waals surface area (Å²) >= 11 is 0. The van der Waals surface area contributed by atoms with E-state index in [9.17, 15) is 4.79 Å². The number of carboxylic acid groups (broad SMARTS) is 1. The van der Waals surface area contributed by atoms with Gasteiger partial charge in [-0.25, -0.2) is 4.79 Å². The molecule has 2 atom stereocenters. The van der Waals surface area contributed by atoms with Crippen LogP contribution in [0, 0.1) is 0 Å². The first-order chi connectivity index (χ1) is 6.19. The number of rotatable bonds is 2. The molecule has 13 heavy (non-hydrogen) atoms. The lowest BCUT2D eigenvalue weighted by molar-refractivity contribution is 0.141. The average Bonchev–Trinajstić information content (AvgIpc) is 2.48. The summed E-state index contributed by atoms with van der Waals surface area (Å²) in [7, 11) is 0. The van der Waals surface area contributed by atoms with Gasteiger partial charge in [0.25, 0.3) is 0 Å². The van der Waals surface area contributed by atoms with Crippen LogP contribution >= 0.6 is 0 Å². The molecule has 0 aromatic carbocycles. The summed E-state index contributed by atoms with van der Waals surface area (Å²) in [5.41, 5.74) is 13.6. The molecule has 0 saturated carbocycles. The van der Waals surface area contributed by atoms with Crippen LogP contribution in [0.4, 0.5) is 4.79 Å². The first kappa shape index (κ1) is 9.63. The Morgan fingerprint density at radius 2 is 2.54 bits per heavy atom. The van der Waals surface area contributed by atoms with Gasteiger partial charge in [0, 0.05) is 24.0 Å². The minimum atomic E-state index is -1.01. The zero-order valence-electron chi connectivity index (χ0n) is 7.00. The summed E-state index contributed by atoms with van der Waals surface area (Å²) in [6, 6.07) is -0.484. The molecule has 1 heterocycles. The summed E-state index contributed by atoms with van der Waals surface area (Å²) in [4.78, 5) is 14.5. The molecule has 0 radical (unpaired) electrons. The highest BCUT2D eigenvalue weighted by Gasteiger charge is 2.33. The first-order valence-electron chi connectivity index (χ1n) is 3.93. The molecule has 7 nitrogen and oxygen atoms in total. The second-order valence-electron chi connectivity index (χ2n) is 2.92. The minimum Gasteiger partial charge on any atom is -0.465 e. The van der Waals surface area contributed by atoms with Crippen molar-refractivity contribution in [3.63, 3.8) is 0 Å². The lowest BCUT2D eigenvalue weighted by atomic mass is 10.2. The van der Waals surface area contributed by atoms with Gasteiger partial charge in [0.15, 0.2) is 0 Å². The van der Waals surface area contributed by atoms with Gasteiger partial charge in [0.2, 0.25) is 0 Å². The second kappa shape index (κ2) is 3.97. The molecule has 1 amide bonds. The lowest BCUT2D eigenvalue weighted by Gasteiger charge is -2.18. The number of likely N-dealkylation sites (tertiary alicyclic amines) is 1. The fourth-order valence-electron chi connectivity index (χ4n) is 1.51. The average molecular weight is 185 g/mol. The highest BCUT2D eigenvalue weighted by molar-refractivity contribution is 5.66. The van der Waals surface area contributed by atoms with Gasteiger partial charge in [0.05, 0.1) is 6.04 Å². The largest absolute Gasteiger partial charge is 0.465 e. The number of azide groups is 1. The highest BCUT2D eigenvalue weighted by Crippen LogP contribution is 2.19. The Hall–Kier alpha value is -1.46. The molecule has 3 N–H and O–H groups in total. The van der Waals surface area contributed by atoms with Crippen molar-refractivity contribution in [3.8, 4) is 0 Å². The molecular weight excluding hydrogens is 174 g/mol. The molecule has 1 rings (SSSR count). The number of nitrogens with zero attached hydrogens (tertiary/aromatic N) is 4. The van der Waals surface area contributed by atoms with E-state index >= 15 is 0 Å². The Bertz CT molecular complexity index is 249. The van der Waals surface area contributed by atoms with Crippen molar-refractivity contribution in [1.29, 1.82) is 0 Å². The quantitative estimate of drug-likeness (QED) is 0.368. The summed E-state index contributed by atoms with van der Waals surface area (Å²) in [5, 5.41) is 12.2. The van der Waals surface area contributed by atoms with Crippen LogP contribution in [0.2, 0.25) is 0 Å². The van der Waals surface area contributed by atoms with Crippen molar-refractivity contribution >= 4 is 6.09 Å². The van der Waals surface area contributed by atoms with E-state index in [0.717, 1.165) is 0 Å². The van der Waals surface area contributed by atoms with Gasteiger partial charge in [0.1, 0.15) is 0 Å². The van der Waals surface area contributed by atoms with Crippen LogP contribution in [-0.2, 0) is 0 Å². The highest BCUT2D eigenvalue weighted by atomic mass is 16.4. The van der Waals surface area contributed by atoms with Gasteiger partial charge in [-0.15, -0.1) is 0 Å². The number of amides is 1. The number of nitrogens with two attached hydrogens (primary N) is 1. The van der Waals surface area contributed by atoms with Crippen molar-refractivity contribution in [2.75, 3.05) is 13.1 Å². The molecule has 0 aliphatic carbocycles. The van der Waals surface area contributed by atoms with Crippen molar-refractivity contribution in [2.45, 2.75) is 18.5 Å². The van der Waals surface area contributed by atoms with Crippen molar-refractivity contribution in [3.05, 3.63) is 10.4 Å². The summed E-state index contributed by atoms with van der Waals surface area (Å²) in [5.74, 6) is 0. The Balaban J connectivity index is 2.66. The third-order valence-corrected chi connectivity index (χ3v) is 2.13. The van der Waals surface area contributed by atoms with Crippen LogP contribution in [-0.4, -0.2) is 41.3 Å². The molecule has 1 saturated heterocycles. The van der Waals surface area contributed by atoms with Crippen LogP contribution in [0.3, 0.4) is 0 Å². The van der Waals surface area contributed by atoms with Crippen molar-refractivity contribution in [1.82, 2.24) is 4.90 Å². The van der Waals surface area contributed by atoms with E-state index < -0.39 is 6.09 Å². The molecule has 1 fully saturated rings. The summed E-state index contributed by atoms with van der Waals surface area (Å²) in [6.07, 6.45) is -0.488. The minimum absolute atomic E-state index is 0.215. The Labute approximate surface area is 74.7 Å². The van der Waals surface area contributed by atoms with Gasteiger partial charge in [-0.3, -0.25) is 0 Å². The maximum atomic E-state index is 10.7. The number of hydrogen-bond acceptors (Lipinski definition) is 3. The fraction of sp³-hybridized carbons (Fsp3) is 0.833. The zero-order valence-corrected chi connectivity index (χ0v) is 7.00. The van der Waals surface area contributed by atoms with Crippen LogP contribution in [0.1, 0.15) is 6.42 Å². The van der Waals surface area contributed by atoms with Crippen molar-refractivity contribution < 1.29 is 9.90 Å². The van der Waals surface area contributed by atoms with Crippen LogP contribution in [0.5, 0.6) is 0 Å². The summed E-state index contributed by atoms with van der Waals surface area (Å²) in [6.45, 7) is 0.519. The lowest BCUT2D eigenvalue weighted by Crippen LogP contribution is -2.39. The smallest absolute Gasteiger partial charge is 0.407 e. The van der Waals surface area contributed by atoms with E-state index in [4.69, 9.17) is 16.4 Å². The molecule has 0 aromatic rings. The summed E-state index contributed by atoms with van der Waals surface area (Å²) < 4.78 is 0. The maximum Gasteiger partial charge on any atom is 0.407 e. The van der Waals surface area contributed by atoms with Crippen molar-refractivity contribution in [2.24, 2.45) is 10.8 Å². The Morgan fingerprint density at radius 3 is 2.92 bits per heavy atom. The molecular formula is C6H11N5O2. The standard InChI is InChI=1S/C6H11N5O2/c7-2-5-1-4(9-10-8)3-11(5)6(12)13/h4-5H,1-3,7H2,(H,12,13)/t4-,5+/m1/s1. The van der Waals surface area contributed by atoms with Gasteiger partial charge >= 0.3 is 6.09 Å². The molecule has 0 aromatic heterocycles. The first-order valence-corrected chi connectivity index (χ1v) is 3.93. The third kappa shape index (κ3) is 2.01. The predicted octanol–water partition coefficient (Wildman–Crippen LogP) is 0.376. The normalized spacial score (nSPS) is 27.0. The van der Waals surface area contributed by atoms with Crippen LogP contribution in [0.25, 0.3) is 10.4 Å². The van der Waals surface area contributed by atoms with Gasteiger partial charge in [-0.1, -0.05) is 5.11 Å². The maximum absolute atomic E-state index is 10.7. The van der Waals surface area contributed by atoms with E-state index in [2.05, 4.69) is 10.0 Å². The van der Waals surface area contributed by atoms with Crippen LogP contribution in [0.15, 0.2) is 5.11 Å². The number of hydrogen-bond donors (Lipinski definition) is 2. The fourth-order valence-corrected chi connectivity index (χ4v) is 1.51. The molecule has 1 aliphatic rings. The molecule has 1 aliphatic heterocycles. The van der Waals surface area contributed by atoms with Crippen LogP contribution < -0.4 is 5.73 Å². The van der Waals surface area contributed by atoms with Gasteiger partial charge < -0.3 is 15.7 Å².